The molecule has 1 aromatic heterocycles. The molecular formula is C10H13NO3. The predicted octanol–water partition coefficient (Wildman–Crippen LogP) is 2.16. The van der Waals surface area contributed by atoms with Crippen molar-refractivity contribution in [1.82, 2.24) is 4.98 Å². The van der Waals surface area contributed by atoms with E-state index in [0.29, 0.717) is 0 Å². The summed E-state index contributed by atoms with van der Waals surface area (Å²) in [6.07, 6.45) is 8.33. The van der Waals surface area contributed by atoms with Gasteiger partial charge in [-0.2, -0.15) is 0 Å². The molecule has 76 valence electrons. The van der Waals surface area contributed by atoms with E-state index in [-0.39, 0.29) is 12.0 Å². The first-order valence-corrected chi connectivity index (χ1v) is 4.97. The number of oxazole rings is 1. The van der Waals surface area contributed by atoms with Gasteiger partial charge in [0.05, 0.1) is 6.20 Å². The third-order valence-electron chi connectivity index (χ3n) is 2.43. The van der Waals surface area contributed by atoms with Crippen LogP contribution in [-0.4, -0.2) is 17.1 Å². The van der Waals surface area contributed by atoms with E-state index in [0.717, 1.165) is 25.7 Å². The lowest BCUT2D eigenvalue weighted by atomic mass is 9.98. The van der Waals surface area contributed by atoms with Gasteiger partial charge in [0.1, 0.15) is 12.4 Å². The van der Waals surface area contributed by atoms with Gasteiger partial charge in [-0.3, -0.25) is 0 Å². The average Bonchev–Trinajstić information content (AvgIpc) is 2.72. The minimum Gasteiger partial charge on any atom is -0.455 e. The van der Waals surface area contributed by atoms with Crippen LogP contribution in [0.1, 0.15) is 42.8 Å². The van der Waals surface area contributed by atoms with Gasteiger partial charge in [-0.1, -0.05) is 6.42 Å². The van der Waals surface area contributed by atoms with E-state index in [1.807, 2.05) is 0 Å². The molecule has 0 radical (unpaired) electrons. The molecule has 2 rings (SSSR count). The Morgan fingerprint density at radius 1 is 1.43 bits per heavy atom. The smallest absolute Gasteiger partial charge is 0.394 e. The van der Waals surface area contributed by atoms with Crippen LogP contribution in [0.2, 0.25) is 0 Å². The monoisotopic (exact) mass is 195 g/mol. The number of nitrogens with zero attached hydrogens (tertiary/aromatic N) is 1. The normalized spacial score (nSPS) is 18.0. The van der Waals surface area contributed by atoms with Crippen LogP contribution in [0.3, 0.4) is 0 Å². The lowest BCUT2D eigenvalue weighted by Gasteiger charge is -2.20. The van der Waals surface area contributed by atoms with Gasteiger partial charge in [0.25, 0.3) is 0 Å². The van der Waals surface area contributed by atoms with E-state index in [9.17, 15) is 4.79 Å². The summed E-state index contributed by atoms with van der Waals surface area (Å²) in [7, 11) is 0. The maximum atomic E-state index is 11.4. The van der Waals surface area contributed by atoms with Crippen LogP contribution in [0.25, 0.3) is 0 Å². The molecule has 0 aromatic carbocycles. The van der Waals surface area contributed by atoms with Crippen molar-refractivity contribution in [2.75, 3.05) is 0 Å². The van der Waals surface area contributed by atoms with Crippen molar-refractivity contribution < 1.29 is 13.9 Å². The van der Waals surface area contributed by atoms with E-state index < -0.39 is 5.97 Å². The highest BCUT2D eigenvalue weighted by atomic mass is 16.6. The Kier molecular flexibility index (Phi) is 2.81. The van der Waals surface area contributed by atoms with Crippen LogP contribution in [-0.2, 0) is 4.74 Å². The summed E-state index contributed by atoms with van der Waals surface area (Å²) in [5.74, 6) is -0.391. The third-order valence-corrected chi connectivity index (χ3v) is 2.43. The Morgan fingerprint density at radius 2 is 2.21 bits per heavy atom. The zero-order chi connectivity index (χ0) is 9.80. The standard InChI is InChI=1S/C10H13NO3/c12-10(9-11-6-7-13-9)14-8-4-2-1-3-5-8/h6-8H,1-5H2. The first-order valence-electron chi connectivity index (χ1n) is 4.97. The molecule has 0 atom stereocenters. The second-order valence-electron chi connectivity index (χ2n) is 3.50. The summed E-state index contributed by atoms with van der Waals surface area (Å²) < 4.78 is 10.1. The Hall–Kier alpha value is -1.32. The number of esters is 1. The van der Waals surface area contributed by atoms with E-state index in [1.165, 1.54) is 18.9 Å². The Balaban J connectivity index is 1.87. The zero-order valence-corrected chi connectivity index (χ0v) is 7.94. The van der Waals surface area contributed by atoms with Crippen molar-refractivity contribution in [3.63, 3.8) is 0 Å². The number of aromatic nitrogens is 1. The fraction of sp³-hybridized carbons (Fsp3) is 0.600. The first kappa shape index (κ1) is 9.24. The van der Waals surface area contributed by atoms with E-state index >= 15 is 0 Å². The fourth-order valence-corrected chi connectivity index (χ4v) is 1.71. The molecule has 14 heavy (non-hydrogen) atoms. The lowest BCUT2D eigenvalue weighted by Crippen LogP contribution is -2.21. The number of rotatable bonds is 2. The third kappa shape index (κ3) is 2.13. The molecule has 4 heteroatoms. The second kappa shape index (κ2) is 4.26. The van der Waals surface area contributed by atoms with Gasteiger partial charge in [0.15, 0.2) is 0 Å². The van der Waals surface area contributed by atoms with Crippen molar-refractivity contribution in [2.24, 2.45) is 0 Å². The molecule has 1 heterocycles. The lowest BCUT2D eigenvalue weighted by molar-refractivity contribution is 0.0168. The molecule has 1 fully saturated rings. The van der Waals surface area contributed by atoms with Crippen molar-refractivity contribution >= 4 is 5.97 Å². The molecule has 0 unspecified atom stereocenters. The highest BCUT2D eigenvalue weighted by Gasteiger charge is 2.20. The molecule has 1 aromatic rings. The van der Waals surface area contributed by atoms with Crippen LogP contribution in [0.4, 0.5) is 0 Å². The molecule has 0 amide bonds. The van der Waals surface area contributed by atoms with Gasteiger partial charge in [0.2, 0.25) is 0 Å². The molecule has 0 saturated heterocycles. The van der Waals surface area contributed by atoms with Crippen LogP contribution >= 0.6 is 0 Å². The van der Waals surface area contributed by atoms with E-state index in [4.69, 9.17) is 9.15 Å². The summed E-state index contributed by atoms with van der Waals surface area (Å²) in [4.78, 5) is 15.1. The number of carbonyl (C=O) groups is 1. The topological polar surface area (TPSA) is 52.3 Å². The molecule has 4 nitrogen and oxygen atoms in total. The SMILES string of the molecule is O=C(OC1CCCCC1)c1ncco1. The molecular weight excluding hydrogens is 182 g/mol. The van der Waals surface area contributed by atoms with Gasteiger partial charge in [-0.25, -0.2) is 9.78 Å². The van der Waals surface area contributed by atoms with Crippen molar-refractivity contribution in [3.05, 3.63) is 18.4 Å². The molecule has 0 aliphatic heterocycles. The van der Waals surface area contributed by atoms with Gasteiger partial charge < -0.3 is 9.15 Å². The van der Waals surface area contributed by atoms with Crippen LogP contribution in [0, 0.1) is 0 Å². The number of hydrogen-bond donors (Lipinski definition) is 0. The second-order valence-corrected chi connectivity index (χ2v) is 3.50. The van der Waals surface area contributed by atoms with Crippen molar-refractivity contribution in [3.8, 4) is 0 Å². The molecule has 1 aliphatic carbocycles. The van der Waals surface area contributed by atoms with Crippen molar-refractivity contribution in [1.29, 1.82) is 0 Å². The van der Waals surface area contributed by atoms with E-state index in [2.05, 4.69) is 4.98 Å². The van der Waals surface area contributed by atoms with E-state index in [1.54, 1.807) is 0 Å². The maximum absolute atomic E-state index is 11.4. The fourth-order valence-electron chi connectivity index (χ4n) is 1.71. The zero-order valence-electron chi connectivity index (χ0n) is 7.94. The summed E-state index contributed by atoms with van der Waals surface area (Å²) in [6.45, 7) is 0. The highest BCUT2D eigenvalue weighted by molar-refractivity contribution is 5.84. The van der Waals surface area contributed by atoms with Gasteiger partial charge >= 0.3 is 11.9 Å². The quantitative estimate of drug-likeness (QED) is 0.678. The highest BCUT2D eigenvalue weighted by Crippen LogP contribution is 2.21. The summed E-state index contributed by atoms with van der Waals surface area (Å²) in [5.41, 5.74) is 0. The van der Waals surface area contributed by atoms with Gasteiger partial charge in [0, 0.05) is 0 Å². The van der Waals surface area contributed by atoms with Crippen LogP contribution < -0.4 is 0 Å². The molecule has 0 N–H and O–H groups in total. The van der Waals surface area contributed by atoms with Crippen LogP contribution in [0.15, 0.2) is 16.9 Å². The van der Waals surface area contributed by atoms with Crippen molar-refractivity contribution in [2.45, 2.75) is 38.2 Å². The number of ether oxygens (including phenoxy) is 1. The summed E-state index contributed by atoms with van der Waals surface area (Å²) in [5, 5.41) is 0. The molecule has 0 bridgehead atoms. The number of hydrogen-bond acceptors (Lipinski definition) is 4. The predicted molar refractivity (Wildman–Crippen MR) is 48.8 cm³/mol. The molecule has 0 spiro atoms. The minimum absolute atomic E-state index is 0.0515. The van der Waals surface area contributed by atoms with Crippen LogP contribution in [0.5, 0.6) is 0 Å². The summed E-state index contributed by atoms with van der Waals surface area (Å²) >= 11 is 0. The Bertz CT molecular complexity index is 288. The largest absolute Gasteiger partial charge is 0.455 e. The Labute approximate surface area is 82.3 Å². The molecule has 1 saturated carbocycles. The van der Waals surface area contributed by atoms with Gasteiger partial charge in [-0.15, -0.1) is 0 Å². The summed E-state index contributed by atoms with van der Waals surface area (Å²) in [6, 6.07) is 0. The first-order chi connectivity index (χ1) is 6.86. The number of carbonyl (C=O) groups excluding carboxylic acids is 1. The molecule has 1 aliphatic rings. The van der Waals surface area contributed by atoms with Gasteiger partial charge in [-0.05, 0) is 25.7 Å². The Morgan fingerprint density at radius 3 is 2.86 bits per heavy atom. The minimum atomic E-state index is -0.443. The maximum Gasteiger partial charge on any atom is 0.394 e. The average molecular weight is 195 g/mol.